The molecule has 0 aliphatic carbocycles. The first kappa shape index (κ1) is 14.7. The molecule has 0 fully saturated rings. The number of nitrogens with two attached hydrogens (primary N) is 1. The van der Waals surface area contributed by atoms with Gasteiger partial charge in [-0.1, -0.05) is 6.92 Å². The molecule has 1 aromatic carbocycles. The van der Waals surface area contributed by atoms with E-state index in [0.717, 1.165) is 11.3 Å². The van der Waals surface area contributed by atoms with E-state index in [1.54, 1.807) is 18.2 Å². The van der Waals surface area contributed by atoms with Crippen LogP contribution in [-0.2, 0) is 16.4 Å². The summed E-state index contributed by atoms with van der Waals surface area (Å²) in [5, 5.41) is 0. The molecule has 0 amide bonds. The van der Waals surface area contributed by atoms with E-state index in [1.807, 2.05) is 13.0 Å². The maximum absolute atomic E-state index is 12.3. The lowest BCUT2D eigenvalue weighted by Crippen LogP contribution is -2.12. The summed E-state index contributed by atoms with van der Waals surface area (Å²) in [7, 11) is -2.14. The predicted octanol–water partition coefficient (Wildman–Crippen LogP) is 2.70. The quantitative estimate of drug-likeness (QED) is 0.832. The molecule has 0 atom stereocenters. The Kier molecular flexibility index (Phi) is 4.20. The monoisotopic (exact) mass is 312 g/mol. The number of hydrogen-bond acceptors (Lipinski definition) is 5. The van der Waals surface area contributed by atoms with Crippen LogP contribution >= 0.6 is 11.3 Å². The summed E-state index contributed by atoms with van der Waals surface area (Å²) in [6.45, 7) is 1.98. The van der Waals surface area contributed by atoms with Crippen molar-refractivity contribution in [2.45, 2.75) is 17.6 Å². The number of hydrogen-bond donors (Lipinski definition) is 2. The Morgan fingerprint density at radius 1 is 1.30 bits per heavy atom. The van der Waals surface area contributed by atoms with Gasteiger partial charge >= 0.3 is 0 Å². The third-order valence-electron chi connectivity index (χ3n) is 2.72. The van der Waals surface area contributed by atoms with Crippen LogP contribution in [0.5, 0.6) is 5.75 Å². The lowest BCUT2D eigenvalue weighted by Gasteiger charge is -2.11. The van der Waals surface area contributed by atoms with Crippen molar-refractivity contribution in [3.8, 4) is 5.75 Å². The molecule has 1 aromatic heterocycles. The molecule has 0 bridgehead atoms. The standard InChI is InChI=1S/C13H16N2O3S2/c1-3-10-5-7-13(19-10)20(16,17)15-11-8-9(14)4-6-12(11)18-2/h4-8,15H,3,14H2,1-2H3. The number of sulfonamides is 1. The summed E-state index contributed by atoms with van der Waals surface area (Å²) >= 11 is 1.25. The first-order chi connectivity index (χ1) is 9.46. The van der Waals surface area contributed by atoms with Gasteiger partial charge in [0.25, 0.3) is 10.0 Å². The molecule has 0 saturated heterocycles. The highest BCUT2D eigenvalue weighted by Gasteiger charge is 2.18. The molecule has 108 valence electrons. The zero-order valence-electron chi connectivity index (χ0n) is 11.2. The number of aryl methyl sites for hydroxylation is 1. The fourth-order valence-electron chi connectivity index (χ4n) is 1.69. The zero-order chi connectivity index (χ0) is 14.8. The minimum atomic E-state index is -3.62. The molecule has 0 radical (unpaired) electrons. The van der Waals surface area contributed by atoms with E-state index in [-0.39, 0.29) is 4.21 Å². The Morgan fingerprint density at radius 2 is 2.05 bits per heavy atom. The van der Waals surface area contributed by atoms with Crippen molar-refractivity contribution in [2.75, 3.05) is 17.6 Å². The molecule has 0 aliphatic rings. The average molecular weight is 312 g/mol. The Bertz CT molecular complexity index is 708. The second-order valence-electron chi connectivity index (χ2n) is 4.14. The highest BCUT2D eigenvalue weighted by Crippen LogP contribution is 2.30. The van der Waals surface area contributed by atoms with Crippen molar-refractivity contribution in [3.05, 3.63) is 35.2 Å². The molecule has 7 heteroatoms. The van der Waals surface area contributed by atoms with E-state index in [2.05, 4.69) is 4.72 Å². The molecule has 1 heterocycles. The first-order valence-corrected chi connectivity index (χ1v) is 8.31. The fourth-order valence-corrected chi connectivity index (χ4v) is 4.05. The number of anilines is 2. The summed E-state index contributed by atoms with van der Waals surface area (Å²) < 4.78 is 32.5. The summed E-state index contributed by atoms with van der Waals surface area (Å²) in [6.07, 6.45) is 0.807. The minimum Gasteiger partial charge on any atom is -0.495 e. The largest absolute Gasteiger partial charge is 0.495 e. The van der Waals surface area contributed by atoms with Gasteiger partial charge in [-0.2, -0.15) is 0 Å². The zero-order valence-corrected chi connectivity index (χ0v) is 12.8. The van der Waals surface area contributed by atoms with Crippen LogP contribution in [0.4, 0.5) is 11.4 Å². The van der Waals surface area contributed by atoms with Crippen LogP contribution in [0.2, 0.25) is 0 Å². The first-order valence-electron chi connectivity index (χ1n) is 6.01. The van der Waals surface area contributed by atoms with Crippen molar-refractivity contribution >= 4 is 32.7 Å². The van der Waals surface area contributed by atoms with Crippen molar-refractivity contribution in [2.24, 2.45) is 0 Å². The van der Waals surface area contributed by atoms with Crippen LogP contribution in [0.25, 0.3) is 0 Å². The molecular weight excluding hydrogens is 296 g/mol. The average Bonchev–Trinajstić information content (AvgIpc) is 2.88. The predicted molar refractivity (Wildman–Crippen MR) is 81.9 cm³/mol. The van der Waals surface area contributed by atoms with E-state index in [1.165, 1.54) is 24.5 Å². The van der Waals surface area contributed by atoms with Gasteiger partial charge in [0.05, 0.1) is 12.8 Å². The molecular formula is C13H16N2O3S2. The summed E-state index contributed by atoms with van der Waals surface area (Å²) in [6, 6.07) is 8.22. The summed E-state index contributed by atoms with van der Waals surface area (Å²) in [5.41, 5.74) is 6.47. The fraction of sp³-hybridized carbons (Fsp3) is 0.231. The van der Waals surface area contributed by atoms with E-state index >= 15 is 0 Å². The van der Waals surface area contributed by atoms with Gasteiger partial charge in [0.15, 0.2) is 0 Å². The smallest absolute Gasteiger partial charge is 0.271 e. The van der Waals surface area contributed by atoms with E-state index in [0.29, 0.717) is 17.1 Å². The molecule has 3 N–H and O–H groups in total. The van der Waals surface area contributed by atoms with Gasteiger partial charge in [-0.15, -0.1) is 11.3 Å². The van der Waals surface area contributed by atoms with Gasteiger partial charge in [-0.25, -0.2) is 8.42 Å². The van der Waals surface area contributed by atoms with Crippen LogP contribution in [0.3, 0.4) is 0 Å². The molecule has 2 aromatic rings. The third-order valence-corrected chi connectivity index (χ3v) is 5.81. The Labute approximate surface area is 122 Å². The van der Waals surface area contributed by atoms with Crippen molar-refractivity contribution < 1.29 is 13.2 Å². The summed E-state index contributed by atoms with van der Waals surface area (Å²) in [5.74, 6) is 0.426. The minimum absolute atomic E-state index is 0.277. The van der Waals surface area contributed by atoms with Crippen LogP contribution in [-0.4, -0.2) is 15.5 Å². The number of thiophene rings is 1. The van der Waals surface area contributed by atoms with Gasteiger partial charge in [0, 0.05) is 10.6 Å². The van der Waals surface area contributed by atoms with Crippen molar-refractivity contribution in [1.82, 2.24) is 0 Å². The second kappa shape index (κ2) is 5.72. The Balaban J connectivity index is 2.35. The molecule has 0 unspecified atom stereocenters. The molecule has 0 saturated carbocycles. The highest BCUT2D eigenvalue weighted by molar-refractivity contribution is 7.94. The molecule has 5 nitrogen and oxygen atoms in total. The second-order valence-corrected chi connectivity index (χ2v) is 7.22. The van der Waals surface area contributed by atoms with Crippen LogP contribution < -0.4 is 15.2 Å². The Morgan fingerprint density at radius 3 is 2.65 bits per heavy atom. The normalized spacial score (nSPS) is 11.3. The number of nitrogen functional groups attached to an aromatic ring is 1. The van der Waals surface area contributed by atoms with Crippen molar-refractivity contribution in [1.29, 1.82) is 0 Å². The van der Waals surface area contributed by atoms with Crippen LogP contribution in [0.15, 0.2) is 34.5 Å². The number of ether oxygens (including phenoxy) is 1. The van der Waals surface area contributed by atoms with E-state index in [4.69, 9.17) is 10.5 Å². The van der Waals surface area contributed by atoms with Crippen LogP contribution in [0, 0.1) is 0 Å². The Hall–Kier alpha value is -1.73. The van der Waals surface area contributed by atoms with E-state index < -0.39 is 10.0 Å². The van der Waals surface area contributed by atoms with Gasteiger partial charge in [0.1, 0.15) is 9.96 Å². The lowest BCUT2D eigenvalue weighted by molar-refractivity contribution is 0.417. The number of nitrogens with one attached hydrogen (secondary N) is 1. The van der Waals surface area contributed by atoms with Crippen LogP contribution in [0.1, 0.15) is 11.8 Å². The molecule has 20 heavy (non-hydrogen) atoms. The van der Waals surface area contributed by atoms with Crippen molar-refractivity contribution in [3.63, 3.8) is 0 Å². The number of rotatable bonds is 5. The SMILES string of the molecule is CCc1ccc(S(=O)(=O)Nc2cc(N)ccc2OC)s1. The number of benzene rings is 1. The van der Waals surface area contributed by atoms with Gasteiger partial charge in [0.2, 0.25) is 0 Å². The lowest BCUT2D eigenvalue weighted by atomic mass is 10.2. The third kappa shape index (κ3) is 3.05. The maximum atomic E-state index is 12.3. The van der Waals surface area contributed by atoms with Gasteiger partial charge in [-0.3, -0.25) is 4.72 Å². The van der Waals surface area contributed by atoms with E-state index in [9.17, 15) is 8.42 Å². The summed E-state index contributed by atoms with van der Waals surface area (Å²) in [4.78, 5) is 1.02. The molecule has 2 rings (SSSR count). The van der Waals surface area contributed by atoms with Gasteiger partial charge < -0.3 is 10.5 Å². The molecule has 0 aliphatic heterocycles. The number of methoxy groups -OCH3 is 1. The highest BCUT2D eigenvalue weighted by atomic mass is 32.2. The molecule has 0 spiro atoms. The van der Waals surface area contributed by atoms with Gasteiger partial charge in [-0.05, 0) is 36.8 Å². The topological polar surface area (TPSA) is 81.4 Å². The maximum Gasteiger partial charge on any atom is 0.271 e.